The van der Waals surface area contributed by atoms with Crippen molar-refractivity contribution >= 4 is 41.6 Å². The molecule has 0 N–H and O–H groups in total. The first-order chi connectivity index (χ1) is 8.80. The first-order valence-corrected chi connectivity index (χ1v) is 8.92. The molecule has 1 fully saturated rings. The van der Waals surface area contributed by atoms with Crippen LogP contribution in [0, 0.1) is 0 Å². The summed E-state index contributed by atoms with van der Waals surface area (Å²) in [5, 5.41) is 0. The molecule has 0 radical (unpaired) electrons. The third kappa shape index (κ3) is 3.12. The van der Waals surface area contributed by atoms with Gasteiger partial charge in [-0.25, -0.2) is 8.42 Å². The van der Waals surface area contributed by atoms with E-state index in [0.717, 1.165) is 19.3 Å². The van der Waals surface area contributed by atoms with Crippen molar-refractivity contribution in [3.05, 3.63) is 28.2 Å². The van der Waals surface area contributed by atoms with Gasteiger partial charge in [0.2, 0.25) is 0 Å². The van der Waals surface area contributed by atoms with Crippen molar-refractivity contribution in [2.24, 2.45) is 0 Å². The Morgan fingerprint density at radius 3 is 2.53 bits per heavy atom. The van der Waals surface area contributed by atoms with E-state index in [1.54, 1.807) is 11.9 Å². The minimum atomic E-state index is -3.83. The van der Waals surface area contributed by atoms with Crippen molar-refractivity contribution in [3.8, 4) is 0 Å². The summed E-state index contributed by atoms with van der Waals surface area (Å²) in [6, 6.07) is 4.45. The lowest BCUT2D eigenvalue weighted by molar-refractivity contribution is 0.0651. The van der Waals surface area contributed by atoms with Gasteiger partial charge in [-0.1, -0.05) is 0 Å². The summed E-state index contributed by atoms with van der Waals surface area (Å²) in [5.41, 5.74) is 0.316. The quantitative estimate of drug-likeness (QED) is 0.773. The Hall–Kier alpha value is -0.590. The van der Waals surface area contributed by atoms with Gasteiger partial charge in [-0.15, -0.1) is 0 Å². The standard InChI is InChI=1S/C12H13BrClNO3S/c1-15(8-3-2-4-8)12(16)10-7-9(19(14,17)18)5-6-11(10)13/h5-8H,2-4H2,1H3. The molecule has 0 unspecified atom stereocenters. The molecule has 1 saturated carbocycles. The third-order valence-corrected chi connectivity index (χ3v) is 5.44. The number of halogens is 2. The van der Waals surface area contributed by atoms with E-state index >= 15 is 0 Å². The molecule has 0 spiro atoms. The van der Waals surface area contributed by atoms with Gasteiger partial charge in [0, 0.05) is 28.2 Å². The largest absolute Gasteiger partial charge is 0.339 e. The predicted octanol–water partition coefficient (Wildman–Crippen LogP) is 3.00. The van der Waals surface area contributed by atoms with Crippen LogP contribution in [0.2, 0.25) is 0 Å². The maximum absolute atomic E-state index is 12.3. The van der Waals surface area contributed by atoms with Crippen LogP contribution in [-0.4, -0.2) is 32.3 Å². The predicted molar refractivity (Wildman–Crippen MR) is 76.9 cm³/mol. The highest BCUT2D eigenvalue weighted by molar-refractivity contribution is 9.10. The molecule has 1 amide bonds. The Labute approximate surface area is 125 Å². The highest BCUT2D eigenvalue weighted by atomic mass is 79.9. The second kappa shape index (κ2) is 5.42. The topological polar surface area (TPSA) is 54.5 Å². The molecule has 19 heavy (non-hydrogen) atoms. The van der Waals surface area contributed by atoms with Crippen molar-refractivity contribution in [2.45, 2.75) is 30.2 Å². The third-order valence-electron chi connectivity index (χ3n) is 3.39. The lowest BCUT2D eigenvalue weighted by Crippen LogP contribution is -2.41. The normalized spacial score (nSPS) is 15.9. The molecular weight excluding hydrogens is 354 g/mol. The van der Waals surface area contributed by atoms with Crippen LogP contribution >= 0.6 is 26.6 Å². The fourth-order valence-electron chi connectivity index (χ4n) is 1.95. The molecule has 1 aromatic rings. The second-order valence-corrected chi connectivity index (χ2v) is 8.00. The summed E-state index contributed by atoms with van der Waals surface area (Å²) >= 11 is 3.27. The monoisotopic (exact) mass is 365 g/mol. The van der Waals surface area contributed by atoms with E-state index in [9.17, 15) is 13.2 Å². The van der Waals surface area contributed by atoms with Gasteiger partial charge >= 0.3 is 0 Å². The number of benzene rings is 1. The second-order valence-electron chi connectivity index (χ2n) is 4.58. The Morgan fingerprint density at radius 2 is 2.05 bits per heavy atom. The lowest BCUT2D eigenvalue weighted by atomic mass is 9.91. The SMILES string of the molecule is CN(C(=O)c1cc(S(=O)(=O)Cl)ccc1Br)C1CCC1. The zero-order valence-electron chi connectivity index (χ0n) is 10.3. The fourth-order valence-corrected chi connectivity index (χ4v) is 3.14. The van der Waals surface area contributed by atoms with Crippen molar-refractivity contribution in [3.63, 3.8) is 0 Å². The molecule has 4 nitrogen and oxygen atoms in total. The molecule has 0 atom stereocenters. The van der Waals surface area contributed by atoms with Gasteiger partial charge in [0.15, 0.2) is 0 Å². The molecular formula is C12H13BrClNO3S. The van der Waals surface area contributed by atoms with E-state index in [4.69, 9.17) is 10.7 Å². The number of hydrogen-bond donors (Lipinski definition) is 0. The summed E-state index contributed by atoms with van der Waals surface area (Å²) in [5.74, 6) is -0.196. The van der Waals surface area contributed by atoms with E-state index < -0.39 is 9.05 Å². The molecule has 7 heteroatoms. The van der Waals surface area contributed by atoms with Gasteiger partial charge in [0.25, 0.3) is 15.0 Å². The minimum absolute atomic E-state index is 0.0669. The van der Waals surface area contributed by atoms with E-state index in [1.807, 2.05) is 0 Å². The molecule has 1 aliphatic carbocycles. The van der Waals surface area contributed by atoms with E-state index in [1.165, 1.54) is 18.2 Å². The number of nitrogens with zero attached hydrogens (tertiary/aromatic N) is 1. The van der Waals surface area contributed by atoms with Crippen LogP contribution in [0.4, 0.5) is 0 Å². The number of carbonyl (C=O) groups excluding carboxylic acids is 1. The Bertz CT molecular complexity index is 613. The molecule has 0 aliphatic heterocycles. The molecule has 0 heterocycles. The molecule has 0 aromatic heterocycles. The highest BCUT2D eigenvalue weighted by Gasteiger charge is 2.28. The van der Waals surface area contributed by atoms with E-state index in [-0.39, 0.29) is 16.8 Å². The van der Waals surface area contributed by atoms with Gasteiger partial charge in [-0.05, 0) is 53.4 Å². The first-order valence-electron chi connectivity index (χ1n) is 5.82. The van der Waals surface area contributed by atoms with E-state index in [2.05, 4.69) is 15.9 Å². The number of rotatable bonds is 3. The van der Waals surface area contributed by atoms with Gasteiger partial charge < -0.3 is 4.90 Å². The van der Waals surface area contributed by atoms with Crippen molar-refractivity contribution in [2.75, 3.05) is 7.05 Å². The Morgan fingerprint density at radius 1 is 1.42 bits per heavy atom. The van der Waals surface area contributed by atoms with Crippen LogP contribution in [-0.2, 0) is 9.05 Å². The van der Waals surface area contributed by atoms with Crippen LogP contribution in [0.25, 0.3) is 0 Å². The maximum atomic E-state index is 12.3. The van der Waals surface area contributed by atoms with Gasteiger partial charge in [0.05, 0.1) is 10.5 Å². The summed E-state index contributed by atoms with van der Waals surface area (Å²) in [7, 11) is 3.20. The average Bonchev–Trinajstić information content (AvgIpc) is 2.24. The highest BCUT2D eigenvalue weighted by Crippen LogP contribution is 2.28. The Balaban J connectivity index is 2.35. The summed E-state index contributed by atoms with van der Waals surface area (Å²) < 4.78 is 23.2. The van der Waals surface area contributed by atoms with Crippen molar-refractivity contribution < 1.29 is 13.2 Å². The Kier molecular flexibility index (Phi) is 4.23. The fraction of sp³-hybridized carbons (Fsp3) is 0.417. The number of hydrogen-bond acceptors (Lipinski definition) is 3. The number of amides is 1. The van der Waals surface area contributed by atoms with Crippen LogP contribution < -0.4 is 0 Å². The lowest BCUT2D eigenvalue weighted by Gasteiger charge is -2.35. The minimum Gasteiger partial charge on any atom is -0.339 e. The zero-order chi connectivity index (χ0) is 14.2. The van der Waals surface area contributed by atoms with Crippen molar-refractivity contribution in [1.82, 2.24) is 4.90 Å². The zero-order valence-corrected chi connectivity index (χ0v) is 13.4. The molecule has 2 rings (SSSR count). The van der Waals surface area contributed by atoms with Crippen LogP contribution in [0.5, 0.6) is 0 Å². The van der Waals surface area contributed by atoms with Crippen molar-refractivity contribution in [1.29, 1.82) is 0 Å². The van der Waals surface area contributed by atoms with Gasteiger partial charge in [-0.2, -0.15) is 0 Å². The molecule has 1 aliphatic rings. The first kappa shape index (κ1) is 14.8. The van der Waals surface area contributed by atoms with Crippen LogP contribution in [0.15, 0.2) is 27.6 Å². The van der Waals surface area contributed by atoms with Crippen LogP contribution in [0.1, 0.15) is 29.6 Å². The average molecular weight is 367 g/mol. The summed E-state index contributed by atoms with van der Waals surface area (Å²) in [4.78, 5) is 13.9. The molecule has 1 aromatic carbocycles. The van der Waals surface area contributed by atoms with Gasteiger partial charge in [-0.3, -0.25) is 4.79 Å². The van der Waals surface area contributed by atoms with Gasteiger partial charge in [0.1, 0.15) is 0 Å². The molecule has 0 bridgehead atoms. The summed E-state index contributed by atoms with van der Waals surface area (Å²) in [6.07, 6.45) is 3.11. The number of carbonyl (C=O) groups is 1. The summed E-state index contributed by atoms with van der Waals surface area (Å²) in [6.45, 7) is 0. The van der Waals surface area contributed by atoms with E-state index in [0.29, 0.717) is 10.0 Å². The maximum Gasteiger partial charge on any atom is 0.261 e. The molecule has 0 saturated heterocycles. The smallest absolute Gasteiger partial charge is 0.261 e. The molecule has 104 valence electrons. The van der Waals surface area contributed by atoms with Crippen LogP contribution in [0.3, 0.4) is 0 Å².